The highest BCUT2D eigenvalue weighted by Gasteiger charge is 2.17. The van der Waals surface area contributed by atoms with E-state index in [0.717, 1.165) is 0 Å². The molecule has 3 rings (SSSR count). The quantitative estimate of drug-likeness (QED) is 0.856. The lowest BCUT2D eigenvalue weighted by Gasteiger charge is -2.26. The molecule has 1 N–H and O–H groups in total. The Morgan fingerprint density at radius 2 is 2.05 bits per heavy atom. The first-order valence-electron chi connectivity index (χ1n) is 7.38. The van der Waals surface area contributed by atoms with Crippen molar-refractivity contribution in [2.75, 3.05) is 31.2 Å². The maximum Gasteiger partial charge on any atom is 0.301 e. The molecule has 0 saturated carbocycles. The van der Waals surface area contributed by atoms with Crippen molar-refractivity contribution in [1.82, 2.24) is 19.5 Å². The maximum atomic E-state index is 12.5. The van der Waals surface area contributed by atoms with Gasteiger partial charge in [-0.15, -0.1) is 0 Å². The molecule has 0 radical (unpaired) electrons. The van der Waals surface area contributed by atoms with E-state index in [1.165, 1.54) is 6.33 Å². The molecular weight excluding hydrogens is 286 g/mol. The summed E-state index contributed by atoms with van der Waals surface area (Å²) in [5, 5.41) is 0. The smallest absolute Gasteiger partial charge is 0.301 e. The summed E-state index contributed by atoms with van der Waals surface area (Å²) in [7, 11) is 0. The molecule has 3 heterocycles. The summed E-state index contributed by atoms with van der Waals surface area (Å²) in [5.41, 5.74) is -0.436. The molecule has 1 fully saturated rings. The Morgan fingerprint density at radius 1 is 1.32 bits per heavy atom. The summed E-state index contributed by atoms with van der Waals surface area (Å²) in [4.78, 5) is 37.5. The van der Waals surface area contributed by atoms with Crippen molar-refractivity contribution in [2.45, 2.75) is 20.4 Å². The second kappa shape index (κ2) is 5.88. The molecule has 0 atom stereocenters. The van der Waals surface area contributed by atoms with Gasteiger partial charge in [-0.3, -0.25) is 14.6 Å². The zero-order valence-corrected chi connectivity index (χ0v) is 12.7. The van der Waals surface area contributed by atoms with E-state index in [1.54, 1.807) is 4.57 Å². The number of H-pyrrole nitrogens is 1. The number of hydrogen-bond acceptors (Lipinski definition) is 6. The highest BCUT2D eigenvalue weighted by molar-refractivity contribution is 5.72. The molecule has 0 spiro atoms. The number of hydrogen-bond donors (Lipinski definition) is 1. The molecule has 8 nitrogen and oxygen atoms in total. The fraction of sp³-hybridized carbons (Fsp3) is 0.571. The summed E-state index contributed by atoms with van der Waals surface area (Å²) >= 11 is 0. The lowest BCUT2D eigenvalue weighted by molar-refractivity contribution is 0.122. The predicted octanol–water partition coefficient (Wildman–Crippen LogP) is -0.0276. The number of imidazole rings is 1. The number of anilines is 1. The molecule has 2 aromatic heterocycles. The number of morpholine rings is 1. The van der Waals surface area contributed by atoms with E-state index >= 15 is 0 Å². The highest BCUT2D eigenvalue weighted by Crippen LogP contribution is 2.09. The van der Waals surface area contributed by atoms with Gasteiger partial charge in [0.1, 0.15) is 5.52 Å². The largest absolute Gasteiger partial charge is 0.378 e. The topological polar surface area (TPSA) is 93.1 Å². The van der Waals surface area contributed by atoms with Crippen molar-refractivity contribution in [3.63, 3.8) is 0 Å². The monoisotopic (exact) mass is 305 g/mol. The zero-order chi connectivity index (χ0) is 15.7. The second-order valence-corrected chi connectivity index (χ2v) is 5.78. The third-order valence-corrected chi connectivity index (χ3v) is 3.56. The van der Waals surface area contributed by atoms with Gasteiger partial charge in [-0.05, 0) is 5.92 Å². The first-order chi connectivity index (χ1) is 10.6. The number of ether oxygens (including phenoxy) is 1. The van der Waals surface area contributed by atoms with E-state index in [9.17, 15) is 9.59 Å². The third-order valence-electron chi connectivity index (χ3n) is 3.56. The van der Waals surface area contributed by atoms with Crippen LogP contribution in [0.2, 0.25) is 0 Å². The van der Waals surface area contributed by atoms with Crippen LogP contribution < -0.4 is 16.0 Å². The molecule has 1 saturated heterocycles. The van der Waals surface area contributed by atoms with E-state index in [0.29, 0.717) is 38.8 Å². The van der Waals surface area contributed by atoms with Crippen LogP contribution in [0.15, 0.2) is 15.9 Å². The van der Waals surface area contributed by atoms with Gasteiger partial charge in [0.25, 0.3) is 5.56 Å². The van der Waals surface area contributed by atoms with E-state index in [-0.39, 0.29) is 22.5 Å². The van der Waals surface area contributed by atoms with E-state index in [2.05, 4.69) is 15.0 Å². The van der Waals surface area contributed by atoms with Crippen LogP contribution in [0.25, 0.3) is 11.0 Å². The van der Waals surface area contributed by atoms with E-state index in [4.69, 9.17) is 4.74 Å². The van der Waals surface area contributed by atoms with Gasteiger partial charge < -0.3 is 14.2 Å². The molecule has 8 heteroatoms. The maximum absolute atomic E-state index is 12.5. The van der Waals surface area contributed by atoms with Crippen LogP contribution in [0.3, 0.4) is 0 Å². The lowest BCUT2D eigenvalue weighted by Crippen LogP contribution is -2.38. The molecule has 0 aromatic carbocycles. The molecule has 0 amide bonds. The van der Waals surface area contributed by atoms with E-state index < -0.39 is 5.56 Å². The van der Waals surface area contributed by atoms with Gasteiger partial charge in [0.2, 0.25) is 5.95 Å². The lowest BCUT2D eigenvalue weighted by atomic mass is 10.2. The summed E-state index contributed by atoms with van der Waals surface area (Å²) in [6.45, 7) is 6.99. The molecule has 1 aliphatic rings. The van der Waals surface area contributed by atoms with Gasteiger partial charge in [0.15, 0.2) is 5.52 Å². The normalized spacial score (nSPS) is 15.7. The summed E-state index contributed by atoms with van der Waals surface area (Å²) in [5.74, 6) is 0.622. The van der Waals surface area contributed by atoms with Crippen molar-refractivity contribution in [3.8, 4) is 0 Å². The van der Waals surface area contributed by atoms with Crippen LogP contribution in [0.1, 0.15) is 13.8 Å². The summed E-state index contributed by atoms with van der Waals surface area (Å²) < 4.78 is 6.99. The average Bonchev–Trinajstić information content (AvgIpc) is 2.84. The fourth-order valence-electron chi connectivity index (χ4n) is 2.57. The predicted molar refractivity (Wildman–Crippen MR) is 82.3 cm³/mol. The van der Waals surface area contributed by atoms with Gasteiger partial charge >= 0.3 is 5.56 Å². The first kappa shape index (κ1) is 14.7. The van der Waals surface area contributed by atoms with Gasteiger partial charge in [-0.2, -0.15) is 4.98 Å². The van der Waals surface area contributed by atoms with Crippen LogP contribution >= 0.6 is 0 Å². The SMILES string of the molecule is CC(C)Cn1cnc2c(=O)nc(N3CCOCC3)[nH]c(=O)c21. The molecule has 1 aliphatic heterocycles. The number of nitrogens with one attached hydrogen (secondary N) is 1. The first-order valence-corrected chi connectivity index (χ1v) is 7.38. The molecule has 0 aliphatic carbocycles. The van der Waals surface area contributed by atoms with Gasteiger partial charge in [-0.1, -0.05) is 13.8 Å². The standard InChI is InChI=1S/C14H19N5O3/c1-9(2)7-19-8-15-10-11(19)13(21)17-14(16-12(10)20)18-3-5-22-6-4-18/h8-9H,3-7H2,1-2H3,(H,16,17,20,21). The number of aromatic nitrogens is 4. The Labute approximate surface area is 126 Å². The average molecular weight is 305 g/mol. The van der Waals surface area contributed by atoms with Crippen LogP contribution in [0, 0.1) is 5.92 Å². The van der Waals surface area contributed by atoms with Crippen molar-refractivity contribution in [1.29, 1.82) is 0 Å². The minimum absolute atomic E-state index is 0.112. The Bertz CT molecular complexity index is 789. The van der Waals surface area contributed by atoms with Gasteiger partial charge in [0.05, 0.1) is 19.5 Å². The molecule has 2 aromatic rings. The van der Waals surface area contributed by atoms with Crippen molar-refractivity contribution in [2.24, 2.45) is 5.92 Å². The Hall–Kier alpha value is -2.22. The van der Waals surface area contributed by atoms with Crippen molar-refractivity contribution in [3.05, 3.63) is 27.0 Å². The highest BCUT2D eigenvalue weighted by atomic mass is 16.5. The minimum Gasteiger partial charge on any atom is -0.378 e. The van der Waals surface area contributed by atoms with Crippen LogP contribution in [0.4, 0.5) is 5.95 Å². The third kappa shape index (κ3) is 2.74. The molecule has 0 unspecified atom stereocenters. The molecule has 0 bridgehead atoms. The van der Waals surface area contributed by atoms with Crippen molar-refractivity contribution >= 4 is 17.0 Å². The Kier molecular flexibility index (Phi) is 3.93. The van der Waals surface area contributed by atoms with Gasteiger partial charge in [-0.25, -0.2) is 4.98 Å². The number of nitrogens with zero attached hydrogens (tertiary/aromatic N) is 4. The number of rotatable bonds is 3. The molecular formula is C14H19N5O3. The fourth-order valence-corrected chi connectivity index (χ4v) is 2.57. The zero-order valence-electron chi connectivity index (χ0n) is 12.7. The second-order valence-electron chi connectivity index (χ2n) is 5.78. The van der Waals surface area contributed by atoms with Crippen LogP contribution in [0.5, 0.6) is 0 Å². The van der Waals surface area contributed by atoms with E-state index in [1.807, 2.05) is 18.7 Å². The van der Waals surface area contributed by atoms with Crippen molar-refractivity contribution < 1.29 is 4.74 Å². The van der Waals surface area contributed by atoms with Crippen LogP contribution in [-0.2, 0) is 11.3 Å². The molecule has 22 heavy (non-hydrogen) atoms. The number of fused-ring (bicyclic) bond motifs is 1. The Balaban J connectivity index is 2.16. The van der Waals surface area contributed by atoms with Gasteiger partial charge in [0, 0.05) is 19.6 Å². The summed E-state index contributed by atoms with van der Waals surface area (Å²) in [6.07, 6.45) is 1.53. The minimum atomic E-state index is -0.489. The summed E-state index contributed by atoms with van der Waals surface area (Å²) in [6, 6.07) is 0. The number of aromatic amines is 1. The van der Waals surface area contributed by atoms with Crippen LogP contribution in [-0.4, -0.2) is 45.8 Å². The Morgan fingerprint density at radius 3 is 2.73 bits per heavy atom. The molecule has 118 valence electrons.